The molecule has 0 atom stereocenters. The van der Waals surface area contributed by atoms with Gasteiger partial charge in [-0.15, -0.1) is 0 Å². The van der Waals surface area contributed by atoms with E-state index in [4.69, 9.17) is 5.26 Å². The number of halogens is 3. The van der Waals surface area contributed by atoms with E-state index in [9.17, 15) is 18.0 Å². The summed E-state index contributed by atoms with van der Waals surface area (Å²) in [6.45, 7) is 0. The molecule has 0 aromatic heterocycles. The summed E-state index contributed by atoms with van der Waals surface area (Å²) < 4.78 is 37.3. The van der Waals surface area contributed by atoms with E-state index in [2.05, 4.69) is 11.4 Å². The fraction of sp³-hybridized carbons (Fsp3) is 0.375. The monoisotopic (exact) mass is 308 g/mol. The number of carbonyl (C=O) groups excluding carboxylic acids is 1. The van der Waals surface area contributed by atoms with E-state index in [0.29, 0.717) is 18.4 Å². The van der Waals surface area contributed by atoms with Crippen LogP contribution in [0.1, 0.15) is 36.8 Å². The van der Waals surface area contributed by atoms with Crippen molar-refractivity contribution < 1.29 is 18.0 Å². The van der Waals surface area contributed by atoms with Crippen LogP contribution in [0.25, 0.3) is 6.08 Å². The summed E-state index contributed by atoms with van der Waals surface area (Å²) in [5.74, 6) is -0.414. The quantitative estimate of drug-likeness (QED) is 0.866. The van der Waals surface area contributed by atoms with Gasteiger partial charge in [0.05, 0.1) is 11.6 Å². The summed E-state index contributed by atoms with van der Waals surface area (Å²) >= 11 is 0. The van der Waals surface area contributed by atoms with E-state index in [0.717, 1.165) is 25.0 Å². The number of benzene rings is 1. The number of amides is 1. The van der Waals surface area contributed by atoms with Crippen LogP contribution in [-0.2, 0) is 11.0 Å². The van der Waals surface area contributed by atoms with Gasteiger partial charge in [0.15, 0.2) is 0 Å². The van der Waals surface area contributed by atoms with Crippen molar-refractivity contribution in [3.63, 3.8) is 0 Å². The minimum Gasteiger partial charge on any atom is -0.334 e. The van der Waals surface area contributed by atoms with Crippen molar-refractivity contribution in [1.82, 2.24) is 5.32 Å². The molecule has 1 aliphatic rings. The van der Waals surface area contributed by atoms with Crippen LogP contribution in [0, 0.1) is 11.3 Å². The van der Waals surface area contributed by atoms with Gasteiger partial charge in [0.2, 0.25) is 5.91 Å². The Bertz CT molecular complexity index is 606. The molecule has 1 saturated carbocycles. The van der Waals surface area contributed by atoms with Crippen LogP contribution in [0.4, 0.5) is 13.2 Å². The molecule has 3 nitrogen and oxygen atoms in total. The van der Waals surface area contributed by atoms with Gasteiger partial charge in [-0.25, -0.2) is 0 Å². The molecule has 116 valence electrons. The minimum atomic E-state index is -4.37. The molecular formula is C16H15F3N2O. The van der Waals surface area contributed by atoms with Crippen LogP contribution in [-0.4, -0.2) is 11.4 Å². The van der Waals surface area contributed by atoms with Crippen LogP contribution in [0.5, 0.6) is 0 Å². The van der Waals surface area contributed by atoms with Crippen molar-refractivity contribution in [2.45, 2.75) is 37.4 Å². The van der Waals surface area contributed by atoms with Crippen LogP contribution < -0.4 is 5.32 Å². The van der Waals surface area contributed by atoms with E-state index in [1.54, 1.807) is 0 Å². The van der Waals surface area contributed by atoms with Gasteiger partial charge in [-0.05, 0) is 49.5 Å². The summed E-state index contributed by atoms with van der Waals surface area (Å²) in [5, 5.41) is 11.8. The number of nitrogens with zero attached hydrogens (tertiary/aromatic N) is 1. The average molecular weight is 308 g/mol. The van der Waals surface area contributed by atoms with Crippen LogP contribution in [0.3, 0.4) is 0 Å². The summed E-state index contributed by atoms with van der Waals surface area (Å²) in [7, 11) is 0. The largest absolute Gasteiger partial charge is 0.416 e. The van der Waals surface area contributed by atoms with Gasteiger partial charge in [0.25, 0.3) is 0 Å². The molecule has 0 unspecified atom stereocenters. The molecule has 0 saturated heterocycles. The van der Waals surface area contributed by atoms with Gasteiger partial charge in [-0.1, -0.05) is 12.1 Å². The Labute approximate surface area is 126 Å². The zero-order chi connectivity index (χ0) is 16.2. The van der Waals surface area contributed by atoms with Gasteiger partial charge in [-0.2, -0.15) is 18.4 Å². The van der Waals surface area contributed by atoms with Gasteiger partial charge < -0.3 is 5.32 Å². The first-order valence-corrected chi connectivity index (χ1v) is 6.93. The Hall–Kier alpha value is -2.29. The van der Waals surface area contributed by atoms with Crippen LogP contribution in [0.2, 0.25) is 0 Å². The van der Waals surface area contributed by atoms with Crippen molar-refractivity contribution in [2.24, 2.45) is 0 Å². The second-order valence-corrected chi connectivity index (χ2v) is 5.34. The van der Waals surface area contributed by atoms with Gasteiger partial charge in [0.1, 0.15) is 5.54 Å². The molecule has 0 heterocycles. The van der Waals surface area contributed by atoms with E-state index in [1.165, 1.54) is 24.3 Å². The highest BCUT2D eigenvalue weighted by atomic mass is 19.4. The predicted molar refractivity (Wildman–Crippen MR) is 75.4 cm³/mol. The third-order valence-corrected chi connectivity index (χ3v) is 3.70. The molecule has 22 heavy (non-hydrogen) atoms. The lowest BCUT2D eigenvalue weighted by Crippen LogP contribution is -2.44. The molecule has 1 N–H and O–H groups in total. The molecule has 2 rings (SSSR count). The number of rotatable bonds is 3. The number of carbonyl (C=O) groups is 1. The molecule has 0 radical (unpaired) electrons. The van der Waals surface area contributed by atoms with Gasteiger partial charge >= 0.3 is 6.18 Å². The van der Waals surface area contributed by atoms with E-state index < -0.39 is 23.2 Å². The van der Waals surface area contributed by atoms with Crippen molar-refractivity contribution in [3.05, 3.63) is 41.5 Å². The minimum absolute atomic E-state index is 0.414. The predicted octanol–water partition coefficient (Wildman–Crippen LogP) is 3.67. The fourth-order valence-electron chi connectivity index (χ4n) is 2.48. The smallest absolute Gasteiger partial charge is 0.334 e. The fourth-order valence-corrected chi connectivity index (χ4v) is 2.48. The SMILES string of the molecule is N#CC1(NC(=O)/C=C/c2ccc(C(F)(F)F)cc2)CCCC1. The maximum atomic E-state index is 12.4. The molecule has 1 aromatic carbocycles. The molecule has 6 heteroatoms. The van der Waals surface area contributed by atoms with E-state index >= 15 is 0 Å². The zero-order valence-corrected chi connectivity index (χ0v) is 11.8. The summed E-state index contributed by atoms with van der Waals surface area (Å²) in [6, 6.07) is 6.65. The van der Waals surface area contributed by atoms with Crippen LogP contribution in [0.15, 0.2) is 30.3 Å². The van der Waals surface area contributed by atoms with Crippen molar-refractivity contribution in [2.75, 3.05) is 0 Å². The Balaban J connectivity index is 1.99. The number of alkyl halides is 3. The Morgan fingerprint density at radius 2 is 1.82 bits per heavy atom. The van der Waals surface area contributed by atoms with E-state index in [-0.39, 0.29) is 0 Å². The number of hydrogen-bond acceptors (Lipinski definition) is 2. The Morgan fingerprint density at radius 3 is 2.32 bits per heavy atom. The molecule has 1 aliphatic carbocycles. The Kier molecular flexibility index (Phi) is 4.55. The first-order chi connectivity index (χ1) is 10.3. The molecule has 0 aliphatic heterocycles. The highest BCUT2D eigenvalue weighted by Crippen LogP contribution is 2.30. The number of hydrogen-bond donors (Lipinski definition) is 1. The molecule has 0 spiro atoms. The van der Waals surface area contributed by atoms with Gasteiger partial charge in [0, 0.05) is 6.08 Å². The second-order valence-electron chi connectivity index (χ2n) is 5.34. The third kappa shape index (κ3) is 3.88. The normalized spacial score (nSPS) is 17.4. The molecule has 1 fully saturated rings. The molecule has 1 aromatic rings. The third-order valence-electron chi connectivity index (χ3n) is 3.70. The summed E-state index contributed by atoms with van der Waals surface area (Å²) in [4.78, 5) is 11.8. The number of nitrogens with one attached hydrogen (secondary N) is 1. The van der Waals surface area contributed by atoms with Crippen molar-refractivity contribution in [3.8, 4) is 6.07 Å². The maximum absolute atomic E-state index is 12.4. The lowest BCUT2D eigenvalue weighted by atomic mass is 10.00. The first-order valence-electron chi connectivity index (χ1n) is 6.93. The first kappa shape index (κ1) is 16.1. The lowest BCUT2D eigenvalue weighted by Gasteiger charge is -2.20. The van der Waals surface area contributed by atoms with Crippen molar-refractivity contribution in [1.29, 1.82) is 5.26 Å². The maximum Gasteiger partial charge on any atom is 0.416 e. The zero-order valence-electron chi connectivity index (χ0n) is 11.8. The molecule has 0 bridgehead atoms. The number of nitriles is 1. The highest BCUT2D eigenvalue weighted by Gasteiger charge is 2.34. The molecular weight excluding hydrogens is 293 g/mol. The Morgan fingerprint density at radius 1 is 1.23 bits per heavy atom. The van der Waals surface area contributed by atoms with Crippen LogP contribution >= 0.6 is 0 Å². The van der Waals surface area contributed by atoms with E-state index in [1.807, 2.05) is 0 Å². The summed E-state index contributed by atoms with van der Waals surface area (Å²) in [5.41, 5.74) is -1.05. The standard InChI is InChI=1S/C16H15F3N2O/c17-16(18,19)13-6-3-12(4-7-13)5-8-14(22)21-15(11-20)9-1-2-10-15/h3-8H,1-2,9-10H2,(H,21,22)/b8-5+. The van der Waals surface area contributed by atoms with Gasteiger partial charge in [-0.3, -0.25) is 4.79 Å². The lowest BCUT2D eigenvalue weighted by molar-refractivity contribution is -0.137. The highest BCUT2D eigenvalue weighted by molar-refractivity contribution is 5.92. The topological polar surface area (TPSA) is 52.9 Å². The van der Waals surface area contributed by atoms with Crippen molar-refractivity contribution >= 4 is 12.0 Å². The molecule has 1 amide bonds. The average Bonchev–Trinajstić information content (AvgIpc) is 2.94. The second kappa shape index (κ2) is 6.22. The summed E-state index contributed by atoms with van der Waals surface area (Å²) in [6.07, 6.45) is 1.34.